The van der Waals surface area contributed by atoms with Crippen molar-refractivity contribution in [3.63, 3.8) is 0 Å². The van der Waals surface area contributed by atoms with Crippen LogP contribution in [0.2, 0.25) is 0 Å². The number of fused-ring (bicyclic) bond motifs is 1. The van der Waals surface area contributed by atoms with Gasteiger partial charge in [-0.15, -0.1) is 0 Å². The third kappa shape index (κ3) is 4.85. The van der Waals surface area contributed by atoms with Crippen LogP contribution < -0.4 is 0 Å². The van der Waals surface area contributed by atoms with Crippen LogP contribution in [0.25, 0.3) is 10.8 Å². The first-order valence-corrected chi connectivity index (χ1v) is 8.02. The summed E-state index contributed by atoms with van der Waals surface area (Å²) in [4.78, 5) is 10.4. The van der Waals surface area contributed by atoms with Gasteiger partial charge in [0, 0.05) is 18.9 Å². The topological polar surface area (TPSA) is 57.5 Å². The van der Waals surface area contributed by atoms with Crippen LogP contribution in [0.15, 0.2) is 42.5 Å². The highest BCUT2D eigenvalue weighted by molar-refractivity contribution is 5.83. The molecule has 0 saturated heterocycles. The molecule has 2 aromatic carbocycles. The van der Waals surface area contributed by atoms with Gasteiger partial charge in [0.25, 0.3) is 0 Å². The Labute approximate surface area is 131 Å². The van der Waals surface area contributed by atoms with Gasteiger partial charge in [0.2, 0.25) is 0 Å². The van der Waals surface area contributed by atoms with E-state index >= 15 is 0 Å². The Morgan fingerprint density at radius 3 is 2.41 bits per heavy atom. The lowest BCUT2D eigenvalue weighted by molar-refractivity contribution is -0.137. The zero-order valence-corrected chi connectivity index (χ0v) is 12.9. The molecule has 0 saturated carbocycles. The Bertz CT molecular complexity index is 606. The van der Waals surface area contributed by atoms with Crippen molar-refractivity contribution in [2.45, 2.75) is 44.4 Å². The quantitative estimate of drug-likeness (QED) is 0.677. The summed E-state index contributed by atoms with van der Waals surface area (Å²) in [5.41, 5.74) is 1.19. The van der Waals surface area contributed by atoms with Gasteiger partial charge in [-0.1, -0.05) is 61.7 Å². The number of hydrogen-bond acceptors (Lipinski definition) is 2. The van der Waals surface area contributed by atoms with Crippen molar-refractivity contribution < 1.29 is 15.0 Å². The van der Waals surface area contributed by atoms with Gasteiger partial charge in [0.05, 0.1) is 0 Å². The molecule has 118 valence electrons. The third-order valence-electron chi connectivity index (χ3n) is 4.16. The van der Waals surface area contributed by atoms with Gasteiger partial charge in [-0.25, -0.2) is 0 Å². The van der Waals surface area contributed by atoms with Crippen molar-refractivity contribution in [2.24, 2.45) is 0 Å². The lowest BCUT2D eigenvalue weighted by Gasteiger charge is -2.15. The summed E-state index contributed by atoms with van der Waals surface area (Å²) >= 11 is 0. The average molecular weight is 300 g/mol. The zero-order valence-electron chi connectivity index (χ0n) is 12.9. The van der Waals surface area contributed by atoms with E-state index in [2.05, 4.69) is 30.3 Å². The van der Waals surface area contributed by atoms with Gasteiger partial charge >= 0.3 is 5.97 Å². The monoisotopic (exact) mass is 300 g/mol. The summed E-state index contributed by atoms with van der Waals surface area (Å²) in [5.74, 6) is -0.548. The molecular weight excluding hydrogens is 276 g/mol. The van der Waals surface area contributed by atoms with Crippen LogP contribution in [0.4, 0.5) is 0 Å². The minimum Gasteiger partial charge on any atom is -0.481 e. The number of rotatable bonds is 9. The van der Waals surface area contributed by atoms with Crippen LogP contribution in [0.3, 0.4) is 0 Å². The predicted molar refractivity (Wildman–Crippen MR) is 89.1 cm³/mol. The standard InChI is InChI=1S/C19H24O3/c20-14-18(9-3-1-2-4-10-19(21)22)17-12-11-15-7-5-6-8-16(15)13-17/h5-8,11-13,18,20H,1-4,9-10,14H2,(H,21,22). The van der Waals surface area contributed by atoms with E-state index in [1.165, 1.54) is 16.3 Å². The number of aliphatic carboxylic acids is 1. The predicted octanol–water partition coefficient (Wildman–Crippen LogP) is 4.34. The highest BCUT2D eigenvalue weighted by Crippen LogP contribution is 2.26. The van der Waals surface area contributed by atoms with Crippen molar-refractivity contribution in [2.75, 3.05) is 6.61 Å². The van der Waals surface area contributed by atoms with Crippen LogP contribution in [-0.4, -0.2) is 22.8 Å². The molecule has 1 atom stereocenters. The number of carboxylic acids is 1. The van der Waals surface area contributed by atoms with E-state index in [-0.39, 0.29) is 18.9 Å². The molecule has 22 heavy (non-hydrogen) atoms. The van der Waals surface area contributed by atoms with Gasteiger partial charge in [-0.05, 0) is 29.2 Å². The molecule has 3 nitrogen and oxygen atoms in total. The average Bonchev–Trinajstić information content (AvgIpc) is 2.53. The summed E-state index contributed by atoms with van der Waals surface area (Å²) in [5, 5.41) is 20.7. The first-order valence-electron chi connectivity index (χ1n) is 8.02. The minimum absolute atomic E-state index is 0.160. The number of carbonyl (C=O) groups is 1. The normalized spacial score (nSPS) is 12.4. The minimum atomic E-state index is -0.718. The number of aliphatic hydroxyl groups excluding tert-OH is 1. The number of hydrogen-bond donors (Lipinski definition) is 2. The molecule has 2 rings (SSSR count). The molecule has 0 heterocycles. The largest absolute Gasteiger partial charge is 0.481 e. The van der Waals surface area contributed by atoms with Gasteiger partial charge < -0.3 is 10.2 Å². The summed E-state index contributed by atoms with van der Waals surface area (Å²) < 4.78 is 0. The van der Waals surface area contributed by atoms with Gasteiger partial charge in [0.15, 0.2) is 0 Å². The summed E-state index contributed by atoms with van der Waals surface area (Å²) in [7, 11) is 0. The summed E-state index contributed by atoms with van der Waals surface area (Å²) in [6.07, 6.45) is 4.95. The zero-order chi connectivity index (χ0) is 15.8. The van der Waals surface area contributed by atoms with Crippen LogP contribution in [0, 0.1) is 0 Å². The molecule has 0 aliphatic rings. The lowest BCUT2D eigenvalue weighted by Crippen LogP contribution is -2.04. The molecule has 0 fully saturated rings. The van der Waals surface area contributed by atoms with Crippen molar-refractivity contribution in [1.82, 2.24) is 0 Å². The second kappa shape index (κ2) is 8.54. The Balaban J connectivity index is 1.86. The second-order valence-corrected chi connectivity index (χ2v) is 5.83. The van der Waals surface area contributed by atoms with Crippen LogP contribution in [0.5, 0.6) is 0 Å². The number of aliphatic hydroxyl groups is 1. The molecule has 0 aliphatic carbocycles. The molecule has 3 heteroatoms. The summed E-state index contributed by atoms with van der Waals surface area (Å²) in [6.45, 7) is 0.160. The molecule has 0 amide bonds. The van der Waals surface area contributed by atoms with E-state index < -0.39 is 5.97 Å². The van der Waals surface area contributed by atoms with Crippen LogP contribution >= 0.6 is 0 Å². The first kappa shape index (κ1) is 16.5. The number of carboxylic acid groups (broad SMARTS) is 1. The van der Waals surface area contributed by atoms with Crippen molar-refractivity contribution in [1.29, 1.82) is 0 Å². The van der Waals surface area contributed by atoms with Crippen LogP contribution in [0.1, 0.15) is 50.0 Å². The van der Waals surface area contributed by atoms with Gasteiger partial charge in [0.1, 0.15) is 0 Å². The molecule has 0 bridgehead atoms. The van der Waals surface area contributed by atoms with E-state index in [4.69, 9.17) is 5.11 Å². The maximum absolute atomic E-state index is 10.4. The molecule has 2 N–H and O–H groups in total. The fraction of sp³-hybridized carbons (Fsp3) is 0.421. The van der Waals surface area contributed by atoms with E-state index in [1.807, 2.05) is 12.1 Å². The van der Waals surface area contributed by atoms with E-state index in [0.29, 0.717) is 0 Å². The maximum atomic E-state index is 10.4. The molecule has 0 aromatic heterocycles. The van der Waals surface area contributed by atoms with Crippen molar-refractivity contribution in [3.05, 3.63) is 48.0 Å². The summed E-state index contributed by atoms with van der Waals surface area (Å²) in [6, 6.07) is 14.6. The third-order valence-corrected chi connectivity index (χ3v) is 4.16. The van der Waals surface area contributed by atoms with Crippen molar-refractivity contribution in [3.8, 4) is 0 Å². The Kier molecular flexibility index (Phi) is 6.41. The van der Waals surface area contributed by atoms with E-state index in [0.717, 1.165) is 32.1 Å². The molecule has 0 spiro atoms. The Morgan fingerprint density at radius 1 is 0.955 bits per heavy atom. The number of benzene rings is 2. The maximum Gasteiger partial charge on any atom is 0.303 e. The number of unbranched alkanes of at least 4 members (excludes halogenated alkanes) is 3. The fourth-order valence-corrected chi connectivity index (χ4v) is 2.85. The highest BCUT2D eigenvalue weighted by Gasteiger charge is 2.10. The van der Waals surface area contributed by atoms with Gasteiger partial charge in [-0.3, -0.25) is 4.79 Å². The van der Waals surface area contributed by atoms with Crippen molar-refractivity contribution >= 4 is 16.7 Å². The fourth-order valence-electron chi connectivity index (χ4n) is 2.85. The molecular formula is C19H24O3. The Morgan fingerprint density at radius 2 is 1.68 bits per heavy atom. The highest BCUT2D eigenvalue weighted by atomic mass is 16.4. The SMILES string of the molecule is O=C(O)CCCCCCC(CO)c1ccc2ccccc2c1. The van der Waals surface area contributed by atoms with Crippen LogP contribution in [-0.2, 0) is 4.79 Å². The Hall–Kier alpha value is -1.87. The van der Waals surface area contributed by atoms with E-state index in [1.54, 1.807) is 0 Å². The molecule has 1 unspecified atom stereocenters. The first-order chi connectivity index (χ1) is 10.7. The molecule has 0 aliphatic heterocycles. The van der Waals surface area contributed by atoms with Gasteiger partial charge in [-0.2, -0.15) is 0 Å². The second-order valence-electron chi connectivity index (χ2n) is 5.83. The molecule has 0 radical (unpaired) electrons. The smallest absolute Gasteiger partial charge is 0.303 e. The lowest BCUT2D eigenvalue weighted by atomic mass is 9.92. The molecule has 2 aromatic rings. The van der Waals surface area contributed by atoms with E-state index in [9.17, 15) is 9.90 Å².